The molecule has 1 aromatic carbocycles. The molecule has 0 aliphatic heterocycles. The molecule has 5 nitrogen and oxygen atoms in total. The fourth-order valence-electron chi connectivity index (χ4n) is 2.38. The molecule has 1 aromatic heterocycles. The standard InChI is InChI=1S/C14H22N4O/c1-3-17(4-2)8-5-9-18-13-10-11(15)6-7-12(13)16-14(18)19/h6-7,10H,3-5,8-9,15H2,1-2H3,(H,16,19). The number of rotatable bonds is 6. The molecule has 1 heterocycles. The number of nitrogens with one attached hydrogen (secondary N) is 1. The van der Waals surface area contributed by atoms with Crippen LogP contribution in [0.25, 0.3) is 11.0 Å². The Morgan fingerprint density at radius 3 is 2.74 bits per heavy atom. The molecule has 5 heteroatoms. The predicted molar refractivity (Wildman–Crippen MR) is 79.4 cm³/mol. The number of imidazole rings is 1. The Hall–Kier alpha value is -1.75. The second-order valence-corrected chi connectivity index (χ2v) is 4.74. The predicted octanol–water partition coefficient (Wildman–Crippen LogP) is 1.64. The minimum absolute atomic E-state index is 0.0554. The summed E-state index contributed by atoms with van der Waals surface area (Å²) in [5, 5.41) is 0. The molecule has 3 N–H and O–H groups in total. The van der Waals surface area contributed by atoms with Gasteiger partial charge in [0.2, 0.25) is 0 Å². The van der Waals surface area contributed by atoms with Crippen LogP contribution in [-0.2, 0) is 6.54 Å². The summed E-state index contributed by atoms with van der Waals surface area (Å²) in [6.07, 6.45) is 0.962. The van der Waals surface area contributed by atoms with E-state index >= 15 is 0 Å². The largest absolute Gasteiger partial charge is 0.399 e. The highest BCUT2D eigenvalue weighted by molar-refractivity contribution is 5.78. The highest BCUT2D eigenvalue weighted by Gasteiger charge is 2.07. The Balaban J connectivity index is 2.14. The van der Waals surface area contributed by atoms with Gasteiger partial charge in [0, 0.05) is 12.2 Å². The molecule has 2 rings (SSSR count). The summed E-state index contributed by atoms with van der Waals surface area (Å²) in [6.45, 7) is 8.13. The molecule has 0 spiro atoms. The number of nitrogens with two attached hydrogens (primary N) is 1. The Bertz CT molecular complexity index is 595. The van der Waals surface area contributed by atoms with Crippen molar-refractivity contribution in [3.63, 3.8) is 0 Å². The van der Waals surface area contributed by atoms with Gasteiger partial charge >= 0.3 is 5.69 Å². The van der Waals surface area contributed by atoms with Crippen LogP contribution in [0.5, 0.6) is 0 Å². The first-order valence-electron chi connectivity index (χ1n) is 6.86. The van der Waals surface area contributed by atoms with Gasteiger partial charge in [-0.2, -0.15) is 0 Å². The van der Waals surface area contributed by atoms with Gasteiger partial charge in [0.05, 0.1) is 11.0 Å². The lowest BCUT2D eigenvalue weighted by atomic mass is 10.2. The molecule has 0 atom stereocenters. The van der Waals surface area contributed by atoms with Crippen molar-refractivity contribution in [3.8, 4) is 0 Å². The van der Waals surface area contributed by atoms with Crippen LogP contribution in [0.1, 0.15) is 20.3 Å². The third-order valence-electron chi connectivity index (χ3n) is 3.55. The van der Waals surface area contributed by atoms with Crippen LogP contribution in [0.2, 0.25) is 0 Å². The van der Waals surface area contributed by atoms with Crippen LogP contribution in [0.3, 0.4) is 0 Å². The molecule has 0 aliphatic carbocycles. The maximum absolute atomic E-state index is 11.9. The lowest BCUT2D eigenvalue weighted by Gasteiger charge is -2.17. The quantitative estimate of drug-likeness (QED) is 0.778. The van der Waals surface area contributed by atoms with Gasteiger partial charge < -0.3 is 15.6 Å². The molecule has 0 saturated carbocycles. The van der Waals surface area contributed by atoms with Crippen LogP contribution in [-0.4, -0.2) is 34.1 Å². The number of hydrogen-bond donors (Lipinski definition) is 2. The molecule has 104 valence electrons. The molecule has 0 saturated heterocycles. The van der Waals surface area contributed by atoms with E-state index < -0.39 is 0 Å². The smallest absolute Gasteiger partial charge is 0.326 e. The van der Waals surface area contributed by atoms with E-state index in [4.69, 9.17) is 5.73 Å². The number of hydrogen-bond acceptors (Lipinski definition) is 3. The first-order valence-corrected chi connectivity index (χ1v) is 6.86. The summed E-state index contributed by atoms with van der Waals surface area (Å²) in [7, 11) is 0. The molecular weight excluding hydrogens is 240 g/mol. The van der Waals surface area contributed by atoms with E-state index in [1.165, 1.54) is 0 Å². The molecule has 0 bridgehead atoms. The van der Waals surface area contributed by atoms with E-state index in [2.05, 4.69) is 23.7 Å². The van der Waals surface area contributed by atoms with E-state index in [9.17, 15) is 4.79 Å². The average molecular weight is 262 g/mol. The van der Waals surface area contributed by atoms with Gasteiger partial charge in [-0.3, -0.25) is 4.57 Å². The van der Waals surface area contributed by atoms with E-state index in [0.29, 0.717) is 5.69 Å². The monoisotopic (exact) mass is 262 g/mol. The second-order valence-electron chi connectivity index (χ2n) is 4.74. The topological polar surface area (TPSA) is 67.0 Å². The van der Waals surface area contributed by atoms with Crippen molar-refractivity contribution >= 4 is 16.7 Å². The summed E-state index contributed by atoms with van der Waals surface area (Å²) < 4.78 is 1.77. The van der Waals surface area contributed by atoms with Crippen molar-refractivity contribution in [2.45, 2.75) is 26.8 Å². The van der Waals surface area contributed by atoms with Gasteiger partial charge in [0.1, 0.15) is 0 Å². The van der Waals surface area contributed by atoms with Gasteiger partial charge in [-0.05, 0) is 44.3 Å². The molecule has 19 heavy (non-hydrogen) atoms. The summed E-state index contributed by atoms with van der Waals surface area (Å²) in [4.78, 5) is 17.1. The number of benzene rings is 1. The maximum atomic E-state index is 11.9. The number of aryl methyl sites for hydroxylation is 1. The Morgan fingerprint density at radius 1 is 1.32 bits per heavy atom. The summed E-state index contributed by atoms with van der Waals surface area (Å²) >= 11 is 0. The molecule has 2 aromatic rings. The van der Waals surface area contributed by atoms with Gasteiger partial charge in [-0.1, -0.05) is 13.8 Å². The number of nitrogen functional groups attached to an aromatic ring is 1. The first kappa shape index (κ1) is 13.7. The molecule has 0 unspecified atom stereocenters. The van der Waals surface area contributed by atoms with Crippen LogP contribution < -0.4 is 11.4 Å². The molecule has 0 amide bonds. The lowest BCUT2D eigenvalue weighted by molar-refractivity contribution is 0.293. The molecule has 0 fully saturated rings. The van der Waals surface area contributed by atoms with Crippen molar-refractivity contribution in [1.29, 1.82) is 0 Å². The van der Waals surface area contributed by atoms with Crippen molar-refractivity contribution < 1.29 is 0 Å². The molecule has 0 radical (unpaired) electrons. The number of fused-ring (bicyclic) bond motifs is 1. The lowest BCUT2D eigenvalue weighted by Crippen LogP contribution is -2.26. The third kappa shape index (κ3) is 2.98. The van der Waals surface area contributed by atoms with Crippen LogP contribution in [0.15, 0.2) is 23.0 Å². The van der Waals surface area contributed by atoms with Gasteiger partial charge in [-0.15, -0.1) is 0 Å². The Kier molecular flexibility index (Phi) is 4.27. The van der Waals surface area contributed by atoms with E-state index in [1.54, 1.807) is 10.6 Å². The van der Waals surface area contributed by atoms with Gasteiger partial charge in [0.15, 0.2) is 0 Å². The van der Waals surface area contributed by atoms with Gasteiger partial charge in [0.25, 0.3) is 0 Å². The Morgan fingerprint density at radius 2 is 2.05 bits per heavy atom. The number of nitrogens with zero attached hydrogens (tertiary/aromatic N) is 2. The minimum Gasteiger partial charge on any atom is -0.399 e. The zero-order chi connectivity index (χ0) is 13.8. The minimum atomic E-state index is -0.0554. The second kappa shape index (κ2) is 5.93. The number of anilines is 1. The highest BCUT2D eigenvalue weighted by atomic mass is 16.1. The fraction of sp³-hybridized carbons (Fsp3) is 0.500. The maximum Gasteiger partial charge on any atom is 0.326 e. The number of aromatic amines is 1. The first-order chi connectivity index (χ1) is 9.15. The summed E-state index contributed by atoms with van der Waals surface area (Å²) in [5.74, 6) is 0. The van der Waals surface area contributed by atoms with E-state index in [1.807, 2.05) is 12.1 Å². The van der Waals surface area contributed by atoms with Crippen molar-refractivity contribution in [2.75, 3.05) is 25.4 Å². The van der Waals surface area contributed by atoms with Crippen molar-refractivity contribution in [1.82, 2.24) is 14.5 Å². The number of H-pyrrole nitrogens is 1. The Labute approximate surface area is 113 Å². The van der Waals surface area contributed by atoms with Crippen molar-refractivity contribution in [2.24, 2.45) is 0 Å². The van der Waals surface area contributed by atoms with Crippen LogP contribution in [0, 0.1) is 0 Å². The van der Waals surface area contributed by atoms with E-state index in [0.717, 1.165) is 43.6 Å². The fourth-order valence-corrected chi connectivity index (χ4v) is 2.38. The molecular formula is C14H22N4O. The van der Waals surface area contributed by atoms with Gasteiger partial charge in [-0.25, -0.2) is 4.79 Å². The summed E-state index contributed by atoms with van der Waals surface area (Å²) in [5.41, 5.74) is 8.16. The number of aromatic nitrogens is 2. The van der Waals surface area contributed by atoms with Crippen LogP contribution in [0.4, 0.5) is 5.69 Å². The normalized spacial score (nSPS) is 11.5. The van der Waals surface area contributed by atoms with Crippen LogP contribution >= 0.6 is 0 Å². The average Bonchev–Trinajstić information content (AvgIpc) is 2.71. The molecule has 0 aliphatic rings. The summed E-state index contributed by atoms with van der Waals surface area (Å²) in [6, 6.07) is 5.51. The van der Waals surface area contributed by atoms with E-state index in [-0.39, 0.29) is 5.69 Å². The highest BCUT2D eigenvalue weighted by Crippen LogP contribution is 2.14. The zero-order valence-corrected chi connectivity index (χ0v) is 11.6. The third-order valence-corrected chi connectivity index (χ3v) is 3.55. The van der Waals surface area contributed by atoms with Crippen molar-refractivity contribution in [3.05, 3.63) is 28.7 Å². The zero-order valence-electron chi connectivity index (χ0n) is 11.6. The SMILES string of the molecule is CCN(CC)CCCn1c(=O)[nH]c2ccc(N)cc21.